The third-order valence-corrected chi connectivity index (χ3v) is 9.14. The standard InChI is InChI=1S/C28H49NO21/c1-8(35)29-14-18(39)23(48-27-21(42)19(40)16(37)10(4-31)45-27)13(7-34)47-26(14)50-25-17(38)11(5-32)46-28(22(25)43)49-24-12(6-33)44-9(2-3-30)15(36)20(24)41/h9-28,30-34,36-43H,2-7H2,1H3,(H,29,35). The molecule has 4 rings (SSSR count). The summed E-state index contributed by atoms with van der Waals surface area (Å²) in [5.41, 5.74) is 0. The SMILES string of the molecule is CC(=O)NC1C(OC2C(O)C(CO)OC(OC3C(CO)OC(CCO)C(O)C3O)C2O)OC(CO)C(OC2OC(CO)C(O)C(O)C2O)C1O. The zero-order valence-electron chi connectivity index (χ0n) is 26.9. The van der Waals surface area contributed by atoms with Crippen LogP contribution in [0.4, 0.5) is 0 Å². The summed E-state index contributed by atoms with van der Waals surface area (Å²) in [5.74, 6) is -0.748. The van der Waals surface area contributed by atoms with Gasteiger partial charge in [-0.1, -0.05) is 0 Å². The first-order valence-corrected chi connectivity index (χ1v) is 16.1. The summed E-state index contributed by atoms with van der Waals surface area (Å²) < 4.78 is 39.4. The quantitative estimate of drug-likeness (QED) is 0.0835. The lowest BCUT2D eigenvalue weighted by Crippen LogP contribution is -2.69. The van der Waals surface area contributed by atoms with Crippen molar-refractivity contribution in [2.45, 2.75) is 136 Å². The summed E-state index contributed by atoms with van der Waals surface area (Å²) in [6.45, 7) is -2.67. The van der Waals surface area contributed by atoms with Gasteiger partial charge in [0.1, 0.15) is 97.6 Å². The number of amides is 1. The van der Waals surface area contributed by atoms with E-state index in [2.05, 4.69) is 5.32 Å². The number of aliphatic hydroxyl groups excluding tert-OH is 13. The summed E-state index contributed by atoms with van der Waals surface area (Å²) >= 11 is 0. The maximum atomic E-state index is 12.2. The van der Waals surface area contributed by atoms with Crippen LogP contribution in [0.25, 0.3) is 0 Å². The highest BCUT2D eigenvalue weighted by Crippen LogP contribution is 2.34. The molecule has 4 aliphatic rings. The molecule has 0 saturated carbocycles. The smallest absolute Gasteiger partial charge is 0.217 e. The van der Waals surface area contributed by atoms with Crippen LogP contribution in [0, 0.1) is 0 Å². The van der Waals surface area contributed by atoms with Gasteiger partial charge >= 0.3 is 0 Å². The summed E-state index contributed by atoms with van der Waals surface area (Å²) in [5, 5.41) is 137. The molecule has 4 saturated heterocycles. The molecule has 0 bridgehead atoms. The van der Waals surface area contributed by atoms with E-state index in [0.717, 1.165) is 6.92 Å². The maximum Gasteiger partial charge on any atom is 0.217 e. The van der Waals surface area contributed by atoms with Gasteiger partial charge in [-0.3, -0.25) is 4.79 Å². The minimum Gasteiger partial charge on any atom is -0.396 e. The lowest BCUT2D eigenvalue weighted by atomic mass is 9.93. The van der Waals surface area contributed by atoms with E-state index in [-0.39, 0.29) is 6.42 Å². The average molecular weight is 736 g/mol. The molecule has 0 spiro atoms. The van der Waals surface area contributed by atoms with E-state index in [0.29, 0.717) is 0 Å². The molecule has 22 heteroatoms. The second-order valence-electron chi connectivity index (χ2n) is 12.5. The number of carbonyl (C=O) groups excluding carboxylic acids is 1. The molecule has 0 radical (unpaired) electrons. The van der Waals surface area contributed by atoms with Crippen LogP contribution in [-0.2, 0) is 38.0 Å². The van der Waals surface area contributed by atoms with E-state index >= 15 is 0 Å². The normalized spacial score (nSPS) is 48.7. The van der Waals surface area contributed by atoms with Gasteiger partial charge in [0.15, 0.2) is 18.9 Å². The zero-order valence-corrected chi connectivity index (χ0v) is 26.9. The van der Waals surface area contributed by atoms with Crippen LogP contribution < -0.4 is 5.32 Å². The Bertz CT molecular complexity index is 1060. The largest absolute Gasteiger partial charge is 0.396 e. The minimum atomic E-state index is -2.00. The van der Waals surface area contributed by atoms with Crippen molar-refractivity contribution in [3.63, 3.8) is 0 Å². The fourth-order valence-corrected chi connectivity index (χ4v) is 6.41. The van der Waals surface area contributed by atoms with Crippen LogP contribution in [0.3, 0.4) is 0 Å². The van der Waals surface area contributed by atoms with E-state index in [1.807, 2.05) is 0 Å². The number of hydrogen-bond donors (Lipinski definition) is 14. The second-order valence-corrected chi connectivity index (χ2v) is 12.5. The third kappa shape index (κ3) is 8.72. The third-order valence-electron chi connectivity index (χ3n) is 9.14. The maximum absolute atomic E-state index is 12.2. The first-order chi connectivity index (χ1) is 23.7. The Balaban J connectivity index is 1.55. The number of nitrogens with one attached hydrogen (secondary N) is 1. The molecule has 0 aliphatic carbocycles. The molecule has 4 aliphatic heterocycles. The number of rotatable bonds is 13. The number of ether oxygens (including phenoxy) is 7. The molecule has 0 aromatic carbocycles. The zero-order chi connectivity index (χ0) is 37.0. The van der Waals surface area contributed by atoms with Crippen molar-refractivity contribution < 1.29 is 104 Å². The van der Waals surface area contributed by atoms with Gasteiger partial charge in [-0.05, 0) is 6.42 Å². The Morgan fingerprint density at radius 3 is 1.50 bits per heavy atom. The molecule has 0 aromatic heterocycles. The van der Waals surface area contributed by atoms with E-state index in [1.54, 1.807) is 0 Å². The first-order valence-electron chi connectivity index (χ1n) is 16.1. The Kier molecular flexibility index (Phi) is 15.0. The molecule has 292 valence electrons. The molecule has 1 amide bonds. The van der Waals surface area contributed by atoms with Gasteiger partial charge in [0.05, 0.1) is 32.5 Å². The van der Waals surface area contributed by atoms with Crippen molar-refractivity contribution in [3.8, 4) is 0 Å². The molecule has 4 heterocycles. The average Bonchev–Trinajstić information content (AvgIpc) is 3.09. The fraction of sp³-hybridized carbons (Fsp3) is 0.964. The van der Waals surface area contributed by atoms with Gasteiger partial charge in [0, 0.05) is 13.5 Å². The fourth-order valence-electron chi connectivity index (χ4n) is 6.41. The van der Waals surface area contributed by atoms with Crippen LogP contribution in [0.15, 0.2) is 0 Å². The molecule has 14 N–H and O–H groups in total. The molecular formula is C28H49NO21. The van der Waals surface area contributed by atoms with Crippen molar-refractivity contribution in [1.29, 1.82) is 0 Å². The highest BCUT2D eigenvalue weighted by molar-refractivity contribution is 5.73. The summed E-state index contributed by atoms with van der Waals surface area (Å²) in [4.78, 5) is 12.2. The summed E-state index contributed by atoms with van der Waals surface area (Å²) in [6.07, 6.45) is -31.9. The van der Waals surface area contributed by atoms with Crippen molar-refractivity contribution in [2.24, 2.45) is 0 Å². The van der Waals surface area contributed by atoms with Crippen LogP contribution in [-0.4, -0.2) is 228 Å². The number of hydrogen-bond acceptors (Lipinski definition) is 21. The van der Waals surface area contributed by atoms with Gasteiger partial charge in [-0.15, -0.1) is 0 Å². The van der Waals surface area contributed by atoms with Gasteiger partial charge in [0.2, 0.25) is 5.91 Å². The minimum absolute atomic E-state index is 0.0926. The second kappa shape index (κ2) is 18.1. The van der Waals surface area contributed by atoms with Gasteiger partial charge in [-0.2, -0.15) is 0 Å². The van der Waals surface area contributed by atoms with E-state index in [4.69, 9.17) is 33.2 Å². The predicted octanol–water partition coefficient (Wildman–Crippen LogP) is -9.17. The van der Waals surface area contributed by atoms with Crippen molar-refractivity contribution in [1.82, 2.24) is 5.32 Å². The van der Waals surface area contributed by atoms with E-state index < -0.39 is 162 Å². The van der Waals surface area contributed by atoms with Gasteiger partial charge in [-0.25, -0.2) is 0 Å². The molecule has 22 nitrogen and oxygen atoms in total. The predicted molar refractivity (Wildman–Crippen MR) is 155 cm³/mol. The van der Waals surface area contributed by atoms with Crippen LogP contribution in [0.5, 0.6) is 0 Å². The van der Waals surface area contributed by atoms with E-state index in [1.165, 1.54) is 0 Å². The van der Waals surface area contributed by atoms with E-state index in [9.17, 15) is 71.2 Å². The highest BCUT2D eigenvalue weighted by atomic mass is 16.8. The Morgan fingerprint density at radius 2 is 0.960 bits per heavy atom. The van der Waals surface area contributed by atoms with Gasteiger partial charge in [0.25, 0.3) is 0 Å². The first kappa shape index (κ1) is 41.4. The number of aliphatic hydroxyl groups is 13. The lowest BCUT2D eigenvalue weighted by molar-refractivity contribution is -0.376. The molecule has 50 heavy (non-hydrogen) atoms. The van der Waals surface area contributed by atoms with Crippen LogP contribution >= 0.6 is 0 Å². The van der Waals surface area contributed by atoms with Crippen molar-refractivity contribution in [2.75, 3.05) is 33.0 Å². The summed E-state index contributed by atoms with van der Waals surface area (Å²) in [7, 11) is 0. The van der Waals surface area contributed by atoms with Crippen molar-refractivity contribution in [3.05, 3.63) is 0 Å². The van der Waals surface area contributed by atoms with Gasteiger partial charge < -0.3 is 105 Å². The Morgan fingerprint density at radius 1 is 0.500 bits per heavy atom. The molecule has 4 fully saturated rings. The molecular weight excluding hydrogens is 686 g/mol. The summed E-state index contributed by atoms with van der Waals surface area (Å²) in [6, 6.07) is -1.61. The molecule has 20 atom stereocenters. The number of carbonyl (C=O) groups is 1. The lowest BCUT2D eigenvalue weighted by Gasteiger charge is -2.50. The topological polar surface area (TPSA) is 357 Å². The Labute approximate surface area is 284 Å². The monoisotopic (exact) mass is 735 g/mol. The molecule has 20 unspecified atom stereocenters. The Hall–Kier alpha value is -1.33. The highest BCUT2D eigenvalue weighted by Gasteiger charge is 2.55. The van der Waals surface area contributed by atoms with Crippen LogP contribution in [0.1, 0.15) is 13.3 Å². The molecule has 0 aromatic rings. The van der Waals surface area contributed by atoms with Crippen molar-refractivity contribution >= 4 is 5.91 Å². The van der Waals surface area contributed by atoms with Crippen LogP contribution in [0.2, 0.25) is 0 Å².